The Morgan fingerprint density at radius 1 is 1.36 bits per heavy atom. The van der Waals surface area contributed by atoms with Crippen LogP contribution in [0.3, 0.4) is 0 Å². The number of rotatable bonds is 3. The minimum atomic E-state index is -0.664. The van der Waals surface area contributed by atoms with E-state index in [0.717, 1.165) is 0 Å². The van der Waals surface area contributed by atoms with Crippen molar-refractivity contribution in [1.82, 2.24) is 0 Å². The lowest BCUT2D eigenvalue weighted by atomic mass is 10.1. The zero-order valence-electron chi connectivity index (χ0n) is 7.47. The predicted molar refractivity (Wildman–Crippen MR) is 44.5 cm³/mol. The van der Waals surface area contributed by atoms with E-state index in [1.807, 2.05) is 0 Å². The van der Waals surface area contributed by atoms with Crippen LogP contribution in [-0.2, 0) is 4.74 Å². The quantitative estimate of drug-likeness (QED) is 0.677. The second kappa shape index (κ2) is 3.55. The molecule has 11 heavy (non-hydrogen) atoms. The van der Waals surface area contributed by atoms with Crippen molar-refractivity contribution in [1.29, 1.82) is 0 Å². The van der Waals surface area contributed by atoms with E-state index in [4.69, 9.17) is 4.74 Å². The minimum Gasteiger partial charge on any atom is -0.388 e. The highest BCUT2D eigenvalue weighted by Crippen LogP contribution is 2.21. The summed E-state index contributed by atoms with van der Waals surface area (Å²) in [6.07, 6.45) is 5.35. The maximum absolute atomic E-state index is 9.35. The van der Waals surface area contributed by atoms with Crippen molar-refractivity contribution >= 4 is 0 Å². The summed E-state index contributed by atoms with van der Waals surface area (Å²) in [6, 6.07) is 0. The van der Waals surface area contributed by atoms with Crippen molar-refractivity contribution in [3.05, 3.63) is 0 Å². The van der Waals surface area contributed by atoms with E-state index in [9.17, 15) is 5.11 Å². The molecule has 2 heteroatoms. The van der Waals surface area contributed by atoms with E-state index >= 15 is 0 Å². The Morgan fingerprint density at radius 3 is 2.36 bits per heavy atom. The minimum absolute atomic E-state index is 0.418. The Kier molecular flexibility index (Phi) is 2.90. The van der Waals surface area contributed by atoms with Gasteiger partial charge in [-0.1, -0.05) is 12.8 Å². The van der Waals surface area contributed by atoms with Crippen LogP contribution in [0.1, 0.15) is 39.5 Å². The molecule has 0 saturated heterocycles. The first-order chi connectivity index (χ1) is 5.08. The summed E-state index contributed by atoms with van der Waals surface area (Å²) in [5.41, 5.74) is -0.664. The second-order valence-corrected chi connectivity index (χ2v) is 4.03. The maximum atomic E-state index is 9.35. The largest absolute Gasteiger partial charge is 0.388 e. The van der Waals surface area contributed by atoms with Crippen molar-refractivity contribution in [2.45, 2.75) is 51.2 Å². The Morgan fingerprint density at radius 2 is 1.91 bits per heavy atom. The molecule has 0 radical (unpaired) electrons. The number of hydrogen-bond acceptors (Lipinski definition) is 2. The third-order valence-electron chi connectivity index (χ3n) is 1.97. The molecule has 0 aromatic carbocycles. The summed E-state index contributed by atoms with van der Waals surface area (Å²) < 4.78 is 5.52. The van der Waals surface area contributed by atoms with Crippen LogP contribution in [0.25, 0.3) is 0 Å². The Labute approximate surface area is 68.6 Å². The lowest BCUT2D eigenvalue weighted by Crippen LogP contribution is -2.28. The molecule has 0 atom stereocenters. The van der Waals surface area contributed by atoms with Gasteiger partial charge in [-0.3, -0.25) is 0 Å². The number of ether oxygens (including phenoxy) is 1. The number of hydrogen-bond donors (Lipinski definition) is 1. The van der Waals surface area contributed by atoms with Gasteiger partial charge >= 0.3 is 0 Å². The smallest absolute Gasteiger partial charge is 0.0824 e. The molecule has 0 aliphatic heterocycles. The van der Waals surface area contributed by atoms with Gasteiger partial charge in [0, 0.05) is 0 Å². The lowest BCUT2D eigenvalue weighted by molar-refractivity contribution is -0.0505. The molecule has 1 aliphatic carbocycles. The molecule has 0 aromatic heterocycles. The van der Waals surface area contributed by atoms with Gasteiger partial charge in [-0.25, -0.2) is 0 Å². The normalized spacial score (nSPS) is 21.0. The van der Waals surface area contributed by atoms with E-state index in [1.54, 1.807) is 13.8 Å². The van der Waals surface area contributed by atoms with Crippen LogP contribution >= 0.6 is 0 Å². The summed E-state index contributed by atoms with van der Waals surface area (Å²) in [5.74, 6) is 0. The molecule has 1 rings (SSSR count). The van der Waals surface area contributed by atoms with E-state index in [0.29, 0.717) is 12.7 Å². The maximum Gasteiger partial charge on any atom is 0.0824 e. The van der Waals surface area contributed by atoms with Crippen LogP contribution in [0.15, 0.2) is 0 Å². The van der Waals surface area contributed by atoms with Crippen molar-refractivity contribution in [3.63, 3.8) is 0 Å². The highest BCUT2D eigenvalue weighted by molar-refractivity contribution is 4.70. The summed E-state index contributed by atoms with van der Waals surface area (Å²) in [5, 5.41) is 9.35. The molecular formula is C9H18O2. The van der Waals surface area contributed by atoms with E-state index in [2.05, 4.69) is 0 Å². The molecule has 1 N–H and O–H groups in total. The molecule has 1 fully saturated rings. The van der Waals surface area contributed by atoms with Gasteiger partial charge in [-0.05, 0) is 26.7 Å². The second-order valence-electron chi connectivity index (χ2n) is 4.03. The van der Waals surface area contributed by atoms with Gasteiger partial charge in [0.2, 0.25) is 0 Å². The van der Waals surface area contributed by atoms with Crippen LogP contribution in [0, 0.1) is 0 Å². The van der Waals surface area contributed by atoms with Crippen molar-refractivity contribution in [2.24, 2.45) is 0 Å². The van der Waals surface area contributed by atoms with Crippen molar-refractivity contribution in [2.75, 3.05) is 6.61 Å². The van der Waals surface area contributed by atoms with Crippen LogP contribution in [0.5, 0.6) is 0 Å². The van der Waals surface area contributed by atoms with Gasteiger partial charge in [0.25, 0.3) is 0 Å². The van der Waals surface area contributed by atoms with Crippen molar-refractivity contribution < 1.29 is 9.84 Å². The molecule has 2 nitrogen and oxygen atoms in total. The van der Waals surface area contributed by atoms with E-state index < -0.39 is 5.60 Å². The monoisotopic (exact) mass is 158 g/mol. The van der Waals surface area contributed by atoms with E-state index in [-0.39, 0.29) is 0 Å². The highest BCUT2D eigenvalue weighted by Gasteiger charge is 2.19. The average molecular weight is 158 g/mol. The van der Waals surface area contributed by atoms with Gasteiger partial charge in [-0.2, -0.15) is 0 Å². The molecule has 0 aromatic rings. The fourth-order valence-corrected chi connectivity index (χ4v) is 1.38. The first-order valence-corrected chi connectivity index (χ1v) is 4.42. The summed E-state index contributed by atoms with van der Waals surface area (Å²) in [6.45, 7) is 4.03. The van der Waals surface area contributed by atoms with Crippen LogP contribution in [-0.4, -0.2) is 23.4 Å². The third kappa shape index (κ3) is 3.73. The fraction of sp³-hybridized carbons (Fsp3) is 1.00. The van der Waals surface area contributed by atoms with Crippen LogP contribution in [0.4, 0.5) is 0 Å². The van der Waals surface area contributed by atoms with Gasteiger partial charge in [-0.15, -0.1) is 0 Å². The first kappa shape index (κ1) is 9.01. The Hall–Kier alpha value is -0.0800. The predicted octanol–water partition coefficient (Wildman–Crippen LogP) is 1.72. The van der Waals surface area contributed by atoms with Gasteiger partial charge < -0.3 is 9.84 Å². The molecule has 1 aliphatic rings. The van der Waals surface area contributed by atoms with Gasteiger partial charge in [0.1, 0.15) is 0 Å². The zero-order valence-corrected chi connectivity index (χ0v) is 7.47. The molecule has 0 unspecified atom stereocenters. The standard InChI is InChI=1S/C9H18O2/c1-9(2,10)7-11-8-5-3-4-6-8/h8,10H,3-7H2,1-2H3. The molecular weight excluding hydrogens is 140 g/mol. The molecule has 0 amide bonds. The summed E-state index contributed by atoms with van der Waals surface area (Å²) >= 11 is 0. The SMILES string of the molecule is CC(C)(O)COC1CCCC1. The summed E-state index contributed by atoms with van der Waals surface area (Å²) in [7, 11) is 0. The lowest BCUT2D eigenvalue weighted by Gasteiger charge is -2.20. The van der Waals surface area contributed by atoms with Gasteiger partial charge in [0.05, 0.1) is 18.3 Å². The molecule has 0 spiro atoms. The van der Waals surface area contributed by atoms with Gasteiger partial charge in [0.15, 0.2) is 0 Å². The van der Waals surface area contributed by atoms with Crippen LogP contribution in [0.2, 0.25) is 0 Å². The highest BCUT2D eigenvalue weighted by atomic mass is 16.5. The topological polar surface area (TPSA) is 29.5 Å². The summed E-state index contributed by atoms with van der Waals surface area (Å²) in [4.78, 5) is 0. The molecule has 66 valence electrons. The molecule has 0 bridgehead atoms. The van der Waals surface area contributed by atoms with E-state index in [1.165, 1.54) is 25.7 Å². The zero-order chi connectivity index (χ0) is 8.32. The first-order valence-electron chi connectivity index (χ1n) is 4.42. The Balaban J connectivity index is 2.11. The molecule has 1 saturated carbocycles. The average Bonchev–Trinajstić information content (AvgIpc) is 2.32. The fourth-order valence-electron chi connectivity index (χ4n) is 1.38. The third-order valence-corrected chi connectivity index (χ3v) is 1.97. The Bertz CT molecular complexity index is 109. The van der Waals surface area contributed by atoms with Crippen LogP contribution < -0.4 is 0 Å². The van der Waals surface area contributed by atoms with Crippen molar-refractivity contribution in [3.8, 4) is 0 Å². The molecule has 0 heterocycles. The number of aliphatic hydroxyl groups is 1.